The first-order chi connectivity index (χ1) is 7.74. The fourth-order valence-electron chi connectivity index (χ4n) is 0.912. The number of pyridine rings is 1. The Morgan fingerprint density at radius 3 is 2.41 bits per heavy atom. The lowest BCUT2D eigenvalue weighted by molar-refractivity contribution is -0.276. The van der Waals surface area contributed by atoms with E-state index in [2.05, 4.69) is 9.72 Å². The quantitative estimate of drug-likeness (QED) is 0.823. The van der Waals surface area contributed by atoms with Gasteiger partial charge in [-0.1, -0.05) is 0 Å². The zero-order valence-corrected chi connectivity index (χ0v) is 7.79. The van der Waals surface area contributed by atoms with Crippen LogP contribution in [0.2, 0.25) is 0 Å². The molecule has 0 atom stereocenters. The van der Waals surface area contributed by atoms with Gasteiger partial charge in [-0.25, -0.2) is 13.8 Å². The Morgan fingerprint density at radius 1 is 1.41 bits per heavy atom. The molecular weight excluding hydrogens is 251 g/mol. The predicted molar refractivity (Wildman–Crippen MR) is 42.3 cm³/mol. The summed E-state index contributed by atoms with van der Waals surface area (Å²) in [4.78, 5) is 2.77. The minimum absolute atomic E-state index is 0.475. The monoisotopic (exact) mass is 254 g/mol. The highest BCUT2D eigenvalue weighted by molar-refractivity contribution is 5.49. The zero-order valence-electron chi connectivity index (χ0n) is 7.79. The third kappa shape index (κ3) is 3.17. The predicted octanol–water partition coefficient (Wildman–Crippen LogP) is 2.50. The average Bonchev–Trinajstić information content (AvgIpc) is 2.18. The van der Waals surface area contributed by atoms with Crippen LogP contribution in [-0.2, 0) is 0 Å². The highest BCUT2D eigenvalue weighted by atomic mass is 19.4. The van der Waals surface area contributed by atoms with Crippen LogP contribution in [0.1, 0.15) is 17.7 Å². The SMILES string of the molecule is N#Cc1cc(C(F)F)nc(OC(F)(F)F)c1O. The van der Waals surface area contributed by atoms with Crippen LogP contribution in [0.15, 0.2) is 6.07 Å². The van der Waals surface area contributed by atoms with Gasteiger partial charge in [-0.2, -0.15) is 5.26 Å². The maximum atomic E-state index is 12.2. The lowest BCUT2D eigenvalue weighted by Crippen LogP contribution is -2.18. The Bertz CT molecular complexity index is 466. The number of hydrogen-bond acceptors (Lipinski definition) is 4. The van der Waals surface area contributed by atoms with Crippen molar-refractivity contribution in [1.82, 2.24) is 4.98 Å². The minimum atomic E-state index is -5.21. The first kappa shape index (κ1) is 13.0. The molecule has 92 valence electrons. The Hall–Kier alpha value is -2.11. The van der Waals surface area contributed by atoms with Crippen LogP contribution >= 0.6 is 0 Å². The average molecular weight is 254 g/mol. The number of alkyl halides is 5. The molecule has 9 heteroatoms. The summed E-state index contributed by atoms with van der Waals surface area (Å²) in [7, 11) is 0. The summed E-state index contributed by atoms with van der Waals surface area (Å²) in [5.41, 5.74) is -1.88. The largest absolute Gasteiger partial charge is 0.574 e. The van der Waals surface area contributed by atoms with E-state index in [0.717, 1.165) is 0 Å². The number of aromatic hydroxyl groups is 1. The van der Waals surface area contributed by atoms with E-state index in [0.29, 0.717) is 6.07 Å². The van der Waals surface area contributed by atoms with Crippen LogP contribution in [0, 0.1) is 11.3 Å². The minimum Gasteiger partial charge on any atom is -0.502 e. The van der Waals surface area contributed by atoms with Gasteiger partial charge in [0.25, 0.3) is 12.3 Å². The molecule has 17 heavy (non-hydrogen) atoms. The van der Waals surface area contributed by atoms with Crippen LogP contribution in [-0.4, -0.2) is 16.5 Å². The fourth-order valence-corrected chi connectivity index (χ4v) is 0.912. The van der Waals surface area contributed by atoms with Gasteiger partial charge in [0.05, 0.1) is 0 Å². The summed E-state index contributed by atoms with van der Waals surface area (Å²) in [6.07, 6.45) is -8.41. The number of nitriles is 1. The first-order valence-corrected chi connectivity index (χ1v) is 3.92. The van der Waals surface area contributed by atoms with Crippen molar-refractivity contribution in [3.8, 4) is 17.7 Å². The van der Waals surface area contributed by atoms with E-state index in [1.165, 1.54) is 6.07 Å². The molecule has 0 saturated carbocycles. The van der Waals surface area contributed by atoms with Crippen LogP contribution in [0.3, 0.4) is 0 Å². The van der Waals surface area contributed by atoms with Crippen LogP contribution in [0.5, 0.6) is 11.6 Å². The van der Waals surface area contributed by atoms with Gasteiger partial charge in [0, 0.05) is 0 Å². The molecule has 1 aromatic heterocycles. The molecule has 0 bridgehead atoms. The molecule has 0 spiro atoms. The second kappa shape index (κ2) is 4.40. The summed E-state index contributed by atoms with van der Waals surface area (Å²) in [5.74, 6) is -2.72. The normalized spacial score (nSPS) is 11.4. The maximum absolute atomic E-state index is 12.2. The third-order valence-corrected chi connectivity index (χ3v) is 1.54. The molecule has 0 radical (unpaired) electrons. The number of nitrogens with zero attached hydrogens (tertiary/aromatic N) is 2. The van der Waals surface area contributed by atoms with Crippen molar-refractivity contribution in [1.29, 1.82) is 5.26 Å². The van der Waals surface area contributed by atoms with E-state index in [1.54, 1.807) is 0 Å². The number of rotatable bonds is 2. The molecule has 1 aromatic rings. The van der Waals surface area contributed by atoms with E-state index >= 15 is 0 Å². The molecule has 0 unspecified atom stereocenters. The molecule has 0 amide bonds. The smallest absolute Gasteiger partial charge is 0.502 e. The number of ether oxygens (including phenoxy) is 1. The van der Waals surface area contributed by atoms with Crippen molar-refractivity contribution in [2.75, 3.05) is 0 Å². The van der Waals surface area contributed by atoms with Crippen molar-refractivity contribution in [3.05, 3.63) is 17.3 Å². The van der Waals surface area contributed by atoms with Crippen LogP contribution < -0.4 is 4.74 Å². The molecule has 0 aliphatic carbocycles. The van der Waals surface area contributed by atoms with E-state index < -0.39 is 35.7 Å². The fraction of sp³-hybridized carbons (Fsp3) is 0.250. The molecule has 4 nitrogen and oxygen atoms in total. The second-order valence-corrected chi connectivity index (χ2v) is 2.71. The van der Waals surface area contributed by atoms with Gasteiger partial charge in [0.2, 0.25) is 0 Å². The maximum Gasteiger partial charge on any atom is 0.574 e. The zero-order chi connectivity index (χ0) is 13.2. The molecule has 0 fully saturated rings. The van der Waals surface area contributed by atoms with Gasteiger partial charge >= 0.3 is 6.36 Å². The van der Waals surface area contributed by atoms with Crippen molar-refractivity contribution in [2.45, 2.75) is 12.8 Å². The van der Waals surface area contributed by atoms with E-state index in [4.69, 9.17) is 10.4 Å². The number of halogens is 5. The van der Waals surface area contributed by atoms with Gasteiger partial charge in [-0.15, -0.1) is 13.2 Å². The van der Waals surface area contributed by atoms with Crippen molar-refractivity contribution < 1.29 is 31.8 Å². The topological polar surface area (TPSA) is 66.1 Å². The Kier molecular flexibility index (Phi) is 3.36. The molecule has 0 aliphatic rings. The first-order valence-electron chi connectivity index (χ1n) is 3.92. The van der Waals surface area contributed by atoms with Crippen LogP contribution in [0.4, 0.5) is 22.0 Å². The van der Waals surface area contributed by atoms with Gasteiger partial charge < -0.3 is 9.84 Å². The highest BCUT2D eigenvalue weighted by Gasteiger charge is 2.34. The lowest BCUT2D eigenvalue weighted by Gasteiger charge is -2.11. The summed E-state index contributed by atoms with van der Waals surface area (Å²) in [5, 5.41) is 17.5. The summed E-state index contributed by atoms with van der Waals surface area (Å²) in [6.45, 7) is 0. The van der Waals surface area contributed by atoms with E-state index in [-0.39, 0.29) is 0 Å². The molecule has 1 rings (SSSR count). The van der Waals surface area contributed by atoms with Crippen molar-refractivity contribution in [3.63, 3.8) is 0 Å². The molecule has 1 heterocycles. The molecule has 0 aliphatic heterocycles. The summed E-state index contributed by atoms with van der Waals surface area (Å²) < 4.78 is 63.2. The van der Waals surface area contributed by atoms with Gasteiger partial charge in [0.1, 0.15) is 17.3 Å². The number of aromatic nitrogens is 1. The van der Waals surface area contributed by atoms with Gasteiger partial charge in [-0.3, -0.25) is 0 Å². The Balaban J connectivity index is 3.29. The Labute approximate surface area is 90.9 Å². The molecule has 1 N–H and O–H groups in total. The molecule has 0 saturated heterocycles. The second-order valence-electron chi connectivity index (χ2n) is 2.71. The number of hydrogen-bond donors (Lipinski definition) is 1. The van der Waals surface area contributed by atoms with Gasteiger partial charge in [-0.05, 0) is 6.07 Å². The highest BCUT2D eigenvalue weighted by Crippen LogP contribution is 2.34. The third-order valence-electron chi connectivity index (χ3n) is 1.54. The Morgan fingerprint density at radius 2 is 2.00 bits per heavy atom. The summed E-state index contributed by atoms with van der Waals surface area (Å²) >= 11 is 0. The van der Waals surface area contributed by atoms with E-state index in [9.17, 15) is 22.0 Å². The van der Waals surface area contributed by atoms with Crippen molar-refractivity contribution >= 4 is 0 Å². The van der Waals surface area contributed by atoms with Gasteiger partial charge in [0.15, 0.2) is 5.75 Å². The summed E-state index contributed by atoms with van der Waals surface area (Å²) in [6, 6.07) is 1.72. The lowest BCUT2D eigenvalue weighted by atomic mass is 10.2. The standard InChI is InChI=1S/C8H3F5N2O2/c9-6(10)4-1-3(2-14)5(16)7(15-4)17-8(11,12)13/h1,6,16H. The van der Waals surface area contributed by atoms with E-state index in [1.807, 2.05) is 0 Å². The molecular formula is C8H3F5N2O2. The van der Waals surface area contributed by atoms with Crippen LogP contribution in [0.25, 0.3) is 0 Å². The molecule has 0 aromatic carbocycles. The van der Waals surface area contributed by atoms with Crippen molar-refractivity contribution in [2.24, 2.45) is 0 Å².